The van der Waals surface area contributed by atoms with E-state index in [0.717, 1.165) is 10.8 Å². The third-order valence-electron chi connectivity index (χ3n) is 11.0. The van der Waals surface area contributed by atoms with Gasteiger partial charge in [-0.2, -0.15) is 4.98 Å². The van der Waals surface area contributed by atoms with Gasteiger partial charge in [0.1, 0.15) is 41.7 Å². The van der Waals surface area contributed by atoms with Gasteiger partial charge >= 0.3 is 19.3 Å². The van der Waals surface area contributed by atoms with E-state index in [2.05, 4.69) is 36.0 Å². The minimum Gasteiger partial charge on any atom is -0.497 e. The zero-order valence-corrected chi connectivity index (χ0v) is 38.1. The van der Waals surface area contributed by atoms with Crippen LogP contribution in [-0.2, 0) is 33.9 Å². The Morgan fingerprint density at radius 2 is 1.34 bits per heavy atom. The second-order valence-electron chi connectivity index (χ2n) is 14.6. The first kappa shape index (κ1) is 50.3. The number of esters is 1. The number of ether oxygens (including phenoxy) is 6. The molecule has 0 bridgehead atoms. The molecule has 1 fully saturated rings. The van der Waals surface area contributed by atoms with E-state index in [4.69, 9.17) is 28.4 Å². The molecule has 65 heavy (non-hydrogen) atoms. The van der Waals surface area contributed by atoms with Crippen molar-refractivity contribution in [2.24, 2.45) is 0 Å². The van der Waals surface area contributed by atoms with Crippen molar-refractivity contribution in [1.82, 2.24) is 14.5 Å². The number of rotatable bonds is 19. The van der Waals surface area contributed by atoms with Crippen molar-refractivity contribution >= 4 is 25.3 Å². The molecule has 0 aliphatic carbocycles. The highest BCUT2D eigenvalue weighted by atomic mass is 31.2. The van der Waals surface area contributed by atoms with Gasteiger partial charge in [0.2, 0.25) is 5.34 Å². The van der Waals surface area contributed by atoms with Crippen molar-refractivity contribution in [3.63, 3.8) is 0 Å². The van der Waals surface area contributed by atoms with Crippen molar-refractivity contribution in [3.05, 3.63) is 154 Å². The van der Waals surface area contributed by atoms with Gasteiger partial charge in [0, 0.05) is 11.8 Å². The number of aliphatic hydroxyl groups is 1. The fourth-order valence-electron chi connectivity index (χ4n) is 7.42. The number of amides is 1. The number of nitrogens with one attached hydrogen (secondary N) is 1. The summed E-state index contributed by atoms with van der Waals surface area (Å²) in [4.78, 5) is 67.1. The summed E-state index contributed by atoms with van der Waals surface area (Å²) in [5.74, 6) is -0.523. The predicted octanol–water partition coefficient (Wildman–Crippen LogP) is 5.58. The maximum absolute atomic E-state index is 13.6. The number of carbonyl (C=O) groups is 2. The Labute approximate surface area is 378 Å². The van der Waals surface area contributed by atoms with E-state index in [1.54, 1.807) is 110 Å². The molecule has 2 unspecified atom stereocenters. The highest BCUT2D eigenvalue weighted by molar-refractivity contribution is 7.53. The van der Waals surface area contributed by atoms with Crippen molar-refractivity contribution in [3.8, 4) is 11.5 Å². The van der Waals surface area contributed by atoms with Crippen LogP contribution in [0.15, 0.2) is 126 Å². The molecule has 348 valence electrons. The average molecular weight is 917 g/mol. The Hall–Kier alpha value is -5.75. The largest absolute Gasteiger partial charge is 0.497 e. The number of nitrogens with zero attached hydrogens (tertiary/aromatic N) is 3. The first-order chi connectivity index (χ1) is 31.2. The summed E-state index contributed by atoms with van der Waals surface area (Å²) in [5.41, 5.74) is -0.584. The van der Waals surface area contributed by atoms with Gasteiger partial charge in [-0.25, -0.2) is 9.59 Å². The van der Waals surface area contributed by atoms with Gasteiger partial charge in [-0.1, -0.05) is 93.6 Å². The molecule has 1 amide bonds. The lowest BCUT2D eigenvalue weighted by Gasteiger charge is -2.39. The van der Waals surface area contributed by atoms with Crippen LogP contribution in [0.3, 0.4) is 0 Å². The van der Waals surface area contributed by atoms with E-state index in [-0.39, 0.29) is 12.4 Å². The zero-order valence-electron chi connectivity index (χ0n) is 37.2. The van der Waals surface area contributed by atoms with Crippen LogP contribution in [0.2, 0.25) is 0 Å². The maximum Gasteiger partial charge on any atom is 0.362 e. The van der Waals surface area contributed by atoms with E-state index in [0.29, 0.717) is 33.8 Å². The number of benzene rings is 4. The zero-order chi connectivity index (χ0) is 47.2. The molecule has 1 aromatic heterocycles. The van der Waals surface area contributed by atoms with Crippen molar-refractivity contribution in [2.45, 2.75) is 57.1 Å². The summed E-state index contributed by atoms with van der Waals surface area (Å²) in [6.07, 6.45) is -4.65. The highest BCUT2D eigenvalue weighted by Crippen LogP contribution is 2.60. The van der Waals surface area contributed by atoms with Gasteiger partial charge in [0.15, 0.2) is 6.23 Å². The minimum atomic E-state index is -5.72. The third-order valence-corrected chi connectivity index (χ3v) is 12.4. The molecule has 4 atom stereocenters. The SMILES string of the molecule is CCN(CC)CC.CCOC(=O)COC1[C@H](n2ccc(NC(=O)c3ccccc3)nc2=O)O[C@H](COC(c2ccccc2)(c2ccc(OC)cc2)c2ccc(OC)cc2)C1(O)P(=O)(O)O. The lowest BCUT2D eigenvalue weighted by atomic mass is 9.80. The molecule has 0 radical (unpaired) electrons. The van der Waals surface area contributed by atoms with Crippen molar-refractivity contribution in [2.75, 3.05) is 59.0 Å². The predicted molar refractivity (Wildman–Crippen MR) is 242 cm³/mol. The van der Waals surface area contributed by atoms with Gasteiger partial charge in [0.05, 0.1) is 27.4 Å². The van der Waals surface area contributed by atoms with Crippen molar-refractivity contribution < 1.29 is 57.5 Å². The first-order valence-corrected chi connectivity index (χ1v) is 22.7. The topological polar surface area (TPSA) is 217 Å². The van der Waals surface area contributed by atoms with Crippen LogP contribution in [0.4, 0.5) is 5.82 Å². The number of hydrogen-bond acceptors (Lipinski definition) is 13. The molecule has 6 rings (SSSR count). The van der Waals surface area contributed by atoms with Crippen LogP contribution in [0, 0.1) is 0 Å². The van der Waals surface area contributed by atoms with Crippen molar-refractivity contribution in [1.29, 1.82) is 0 Å². The van der Waals surface area contributed by atoms with Crippen LogP contribution in [0.1, 0.15) is 61.0 Å². The molecule has 1 saturated heterocycles. The van der Waals surface area contributed by atoms with E-state index in [1.165, 1.54) is 39.9 Å². The Balaban J connectivity index is 0.00000105. The molecule has 2 heterocycles. The number of anilines is 1. The summed E-state index contributed by atoms with van der Waals surface area (Å²) in [6, 6.07) is 32.4. The Morgan fingerprint density at radius 1 is 0.815 bits per heavy atom. The standard InChI is InChI=1S/C41H42N3O13P.C6H15N/c1-4-54-35(45)26-55-36-38(44-24-23-34(43-39(44)47)42-37(46)27-11-7-5-8-12-27)57-33(41(36,48)58(49,50)51)25-56-40(28-13-9-6-10-14-28,29-15-19-31(52-2)20-16-29)30-17-21-32(53-3)22-18-30;1-4-7(5-2)6-3/h5-24,33,36,38,48H,4,25-26H2,1-3H3,(H2,49,50,51)(H,42,43,46,47);4-6H2,1-3H3/t33-,36?,38-,41?;/m1./s1. The van der Waals surface area contributed by atoms with Gasteiger partial charge in [-0.05, 0) is 85.7 Å². The third kappa shape index (κ3) is 11.6. The average Bonchev–Trinajstić information content (AvgIpc) is 3.61. The molecular weight excluding hydrogens is 860 g/mol. The van der Waals surface area contributed by atoms with Crippen LogP contribution < -0.4 is 20.5 Å². The summed E-state index contributed by atoms with van der Waals surface area (Å²) >= 11 is 0. The number of methoxy groups -OCH3 is 2. The normalized spacial score (nSPS) is 18.3. The van der Waals surface area contributed by atoms with E-state index in [9.17, 15) is 33.8 Å². The summed E-state index contributed by atoms with van der Waals surface area (Å²) in [6.45, 7) is 10.0. The second kappa shape index (κ2) is 22.9. The fraction of sp³-hybridized carbons (Fsp3) is 0.362. The summed E-state index contributed by atoms with van der Waals surface area (Å²) < 4.78 is 48.9. The number of aromatic nitrogens is 2. The molecule has 18 heteroatoms. The number of carbonyl (C=O) groups excluding carboxylic acids is 2. The Bertz CT molecular complexity index is 2340. The second-order valence-corrected chi connectivity index (χ2v) is 16.4. The molecule has 4 aromatic carbocycles. The lowest BCUT2D eigenvalue weighted by molar-refractivity contribution is -0.156. The monoisotopic (exact) mass is 916 g/mol. The maximum atomic E-state index is 13.6. The van der Waals surface area contributed by atoms with E-state index in [1.807, 2.05) is 6.07 Å². The highest BCUT2D eigenvalue weighted by Gasteiger charge is 2.67. The van der Waals surface area contributed by atoms with Crippen LogP contribution >= 0.6 is 7.60 Å². The quantitative estimate of drug-likeness (QED) is 0.0452. The summed E-state index contributed by atoms with van der Waals surface area (Å²) in [5, 5.41) is 11.6. The molecule has 5 aromatic rings. The van der Waals surface area contributed by atoms with E-state index < -0.39 is 67.8 Å². The van der Waals surface area contributed by atoms with Crippen LogP contribution in [0.5, 0.6) is 11.5 Å². The molecule has 0 saturated carbocycles. The molecule has 1 aliphatic rings. The first-order valence-electron chi connectivity index (χ1n) is 21.1. The molecule has 1 aliphatic heterocycles. The fourth-order valence-corrected chi connectivity index (χ4v) is 8.47. The van der Waals surface area contributed by atoms with Gasteiger partial charge in [0.25, 0.3) is 5.91 Å². The van der Waals surface area contributed by atoms with Gasteiger partial charge in [-0.15, -0.1) is 0 Å². The Kier molecular flexibility index (Phi) is 17.7. The van der Waals surface area contributed by atoms with Gasteiger partial charge < -0.3 is 53.5 Å². The van der Waals surface area contributed by atoms with Crippen LogP contribution in [0.25, 0.3) is 0 Å². The van der Waals surface area contributed by atoms with Crippen LogP contribution in [-0.4, -0.2) is 112 Å². The summed E-state index contributed by atoms with van der Waals surface area (Å²) in [7, 11) is -2.68. The lowest BCUT2D eigenvalue weighted by Crippen LogP contribution is -2.52. The van der Waals surface area contributed by atoms with Gasteiger partial charge in [-0.3, -0.25) is 13.9 Å². The molecule has 0 spiro atoms. The molecule has 17 nitrogen and oxygen atoms in total. The number of hydrogen-bond donors (Lipinski definition) is 4. The van der Waals surface area contributed by atoms with E-state index >= 15 is 0 Å². The molecular formula is C47H57N4O13P. The smallest absolute Gasteiger partial charge is 0.362 e. The minimum absolute atomic E-state index is 0.0379. The Morgan fingerprint density at radius 3 is 1.80 bits per heavy atom. The molecule has 4 N–H and O–H groups in total.